The van der Waals surface area contributed by atoms with E-state index in [1.54, 1.807) is 12.1 Å². The largest absolute Gasteiger partial charge is 0.623 e. The van der Waals surface area contributed by atoms with Gasteiger partial charge in [-0.25, -0.2) is 4.74 Å². The van der Waals surface area contributed by atoms with Gasteiger partial charge in [0, 0.05) is 12.1 Å². The quantitative estimate of drug-likeness (QED) is 0.277. The first-order valence-electron chi connectivity index (χ1n) is 6.97. The number of ether oxygens (including phenoxy) is 2. The van der Waals surface area contributed by atoms with Crippen molar-refractivity contribution in [3.8, 4) is 0 Å². The Balaban J connectivity index is 1.94. The number of nitro groups is 1. The van der Waals surface area contributed by atoms with Gasteiger partial charge in [0.15, 0.2) is 6.54 Å². The van der Waals surface area contributed by atoms with Gasteiger partial charge in [0.1, 0.15) is 5.92 Å². The van der Waals surface area contributed by atoms with Crippen LogP contribution in [-0.4, -0.2) is 53.4 Å². The second-order valence-electron chi connectivity index (χ2n) is 5.37. The van der Waals surface area contributed by atoms with Crippen molar-refractivity contribution in [2.45, 2.75) is 12.6 Å². The Hall–Kier alpha value is -2.11. The first kappa shape index (κ1) is 15.8. The average Bonchev–Trinajstić information content (AvgIpc) is 2.58. The molecule has 0 amide bonds. The van der Waals surface area contributed by atoms with Gasteiger partial charge in [-0.2, -0.15) is 4.74 Å². The molecule has 23 heavy (non-hydrogen) atoms. The molecule has 3 rings (SSSR count). The topological polar surface area (TPSA) is 131 Å². The average molecular weight is 325 g/mol. The lowest BCUT2D eigenvalue weighted by Gasteiger charge is -2.47. The maximum atomic E-state index is 13.2. The summed E-state index contributed by atoms with van der Waals surface area (Å²) in [5, 5.41) is 45.3. The van der Waals surface area contributed by atoms with Crippen molar-refractivity contribution in [3.05, 3.63) is 44.8 Å². The fourth-order valence-corrected chi connectivity index (χ4v) is 2.70. The second-order valence-corrected chi connectivity index (χ2v) is 5.37. The number of benzene rings is 1. The van der Waals surface area contributed by atoms with Gasteiger partial charge >= 0.3 is 12.6 Å². The Morgan fingerprint density at radius 2 is 2.17 bits per heavy atom. The number of aliphatic hydroxyl groups is 1. The lowest BCUT2D eigenvalue weighted by Crippen LogP contribution is -2.62. The van der Waals surface area contributed by atoms with Crippen LogP contribution in [0.3, 0.4) is 0 Å². The summed E-state index contributed by atoms with van der Waals surface area (Å²) in [6.45, 7) is -0.952. The molecule has 0 saturated carbocycles. The van der Waals surface area contributed by atoms with E-state index in [9.17, 15) is 20.5 Å². The summed E-state index contributed by atoms with van der Waals surface area (Å²) in [5.41, 5.74) is 0.252. The van der Waals surface area contributed by atoms with Crippen LogP contribution in [0.2, 0.25) is 0 Å². The van der Waals surface area contributed by atoms with E-state index in [1.165, 1.54) is 12.1 Å². The molecule has 1 aromatic carbocycles. The molecule has 124 valence electrons. The molecule has 2 aliphatic heterocycles. The molecule has 2 aliphatic rings. The number of rotatable bonds is 3. The van der Waals surface area contributed by atoms with Crippen molar-refractivity contribution in [2.75, 3.05) is 19.8 Å². The molecule has 4 atom stereocenters. The van der Waals surface area contributed by atoms with Crippen LogP contribution < -0.4 is 4.65 Å². The minimum absolute atomic E-state index is 0.111. The molecule has 0 aliphatic carbocycles. The number of aliphatic hydroxyl groups excluding tert-OH is 1. The lowest BCUT2D eigenvalue weighted by molar-refractivity contribution is -0.612. The summed E-state index contributed by atoms with van der Waals surface area (Å²) in [5.74, 6) is -0.854. The minimum Gasteiger partial charge on any atom is -0.623 e. The van der Waals surface area contributed by atoms with Gasteiger partial charge in [-0.05, 0) is 0 Å². The fourth-order valence-electron chi connectivity index (χ4n) is 2.70. The van der Waals surface area contributed by atoms with Crippen LogP contribution in [-0.2, 0) is 9.47 Å². The maximum Gasteiger partial charge on any atom is 0.328 e. The van der Waals surface area contributed by atoms with E-state index in [4.69, 9.17) is 14.6 Å². The van der Waals surface area contributed by atoms with E-state index in [0.717, 1.165) is 6.21 Å². The van der Waals surface area contributed by atoms with Crippen LogP contribution in [0.15, 0.2) is 24.3 Å². The summed E-state index contributed by atoms with van der Waals surface area (Å²) in [6, 6.07) is 6.14. The summed E-state index contributed by atoms with van der Waals surface area (Å²) >= 11 is 0. The molecule has 0 spiro atoms. The van der Waals surface area contributed by atoms with Crippen LogP contribution in [0.1, 0.15) is 0 Å². The van der Waals surface area contributed by atoms with Crippen molar-refractivity contribution in [3.63, 3.8) is 0 Å². The Morgan fingerprint density at radius 3 is 2.87 bits per heavy atom. The molecule has 4 unspecified atom stereocenters. The normalized spacial score (nSPS) is 33.7. The monoisotopic (exact) mass is 325 g/mol. The van der Waals surface area contributed by atoms with Crippen molar-refractivity contribution < 1.29 is 24.2 Å². The van der Waals surface area contributed by atoms with E-state index >= 15 is 0 Å². The van der Waals surface area contributed by atoms with Crippen LogP contribution in [0.4, 0.5) is 11.4 Å². The number of hydrogen-bond acceptors (Lipinski definition) is 7. The molecule has 0 aromatic heterocycles. The first-order chi connectivity index (χ1) is 11.0. The van der Waals surface area contributed by atoms with E-state index in [1.807, 2.05) is 0 Å². The Morgan fingerprint density at radius 1 is 1.43 bits per heavy atom. The smallest absolute Gasteiger partial charge is 0.328 e. The van der Waals surface area contributed by atoms with Gasteiger partial charge in [-0.15, -0.1) is 0 Å². The predicted molar refractivity (Wildman–Crippen MR) is 78.0 cm³/mol. The molecule has 1 saturated heterocycles. The number of para-hydroxylation sites is 2. The fraction of sp³-hybridized carbons (Fsp3) is 0.462. The standard InChI is InChI=1S/C13H15N3O7/c17-7-9-8-22-13(23-12(9)15(19)20)16(21)6-5-14(18)10-3-1-2-4-11(10)16/h1-5,9,12-13,17H,6-8H2. The third kappa shape index (κ3) is 2.56. The molecular weight excluding hydrogens is 310 g/mol. The molecule has 1 fully saturated rings. The number of fused-ring (bicyclic) bond motifs is 1. The van der Waals surface area contributed by atoms with Crippen LogP contribution in [0, 0.1) is 26.4 Å². The SMILES string of the molecule is O=[N+]([O-])C1OC([N+]2([O-])CC=[N+]([O-])c3ccccc32)OCC1CO. The number of hydroxylamine groups is 2. The highest BCUT2D eigenvalue weighted by Gasteiger charge is 2.49. The second kappa shape index (κ2) is 5.83. The summed E-state index contributed by atoms with van der Waals surface area (Å²) in [6.07, 6.45) is -1.89. The zero-order valence-electron chi connectivity index (χ0n) is 12.0. The predicted octanol–water partition coefficient (Wildman–Crippen LogP) is 0.260. The van der Waals surface area contributed by atoms with E-state index < -0.39 is 34.7 Å². The van der Waals surface area contributed by atoms with Crippen LogP contribution >= 0.6 is 0 Å². The van der Waals surface area contributed by atoms with Gasteiger partial charge in [-0.1, -0.05) is 12.1 Å². The van der Waals surface area contributed by atoms with Crippen molar-refractivity contribution in [2.24, 2.45) is 5.92 Å². The zero-order valence-corrected chi connectivity index (χ0v) is 12.0. The van der Waals surface area contributed by atoms with E-state index in [-0.39, 0.29) is 24.5 Å². The number of nitrogens with zero attached hydrogens (tertiary/aromatic N) is 3. The number of quaternary nitrogens is 1. The Kier molecular flexibility index (Phi) is 4.00. The highest BCUT2D eigenvalue weighted by atomic mass is 16.8. The molecular formula is C13H15N3O7. The summed E-state index contributed by atoms with van der Waals surface area (Å²) in [7, 11) is 0. The van der Waals surface area contributed by atoms with Gasteiger partial charge in [-0.3, -0.25) is 14.8 Å². The number of hydrogen-bond donors (Lipinski definition) is 1. The van der Waals surface area contributed by atoms with E-state index in [0.29, 0.717) is 4.74 Å². The molecule has 2 heterocycles. The van der Waals surface area contributed by atoms with Crippen LogP contribution in [0.5, 0.6) is 0 Å². The third-order valence-electron chi connectivity index (χ3n) is 3.94. The zero-order chi connectivity index (χ0) is 16.6. The summed E-state index contributed by atoms with van der Waals surface area (Å²) < 4.78 is 9.95. The Bertz CT molecular complexity index is 652. The van der Waals surface area contributed by atoms with Crippen molar-refractivity contribution in [1.29, 1.82) is 0 Å². The lowest BCUT2D eigenvalue weighted by atomic mass is 10.1. The first-order valence-corrected chi connectivity index (χ1v) is 6.97. The van der Waals surface area contributed by atoms with E-state index in [2.05, 4.69) is 0 Å². The van der Waals surface area contributed by atoms with Crippen molar-refractivity contribution in [1.82, 2.24) is 4.65 Å². The molecule has 1 N–H and O–H groups in total. The molecule has 10 nitrogen and oxygen atoms in total. The molecule has 10 heteroatoms. The molecule has 0 bridgehead atoms. The van der Waals surface area contributed by atoms with Crippen LogP contribution in [0.25, 0.3) is 0 Å². The Labute approximate surface area is 130 Å². The third-order valence-corrected chi connectivity index (χ3v) is 3.94. The van der Waals surface area contributed by atoms with Gasteiger partial charge in [0.05, 0.1) is 18.1 Å². The molecule has 0 radical (unpaired) electrons. The minimum atomic E-state index is -1.54. The maximum absolute atomic E-state index is 13.2. The van der Waals surface area contributed by atoms with Crippen molar-refractivity contribution >= 4 is 17.6 Å². The van der Waals surface area contributed by atoms with Gasteiger partial charge in [0.25, 0.3) is 5.69 Å². The summed E-state index contributed by atoms with van der Waals surface area (Å²) in [4.78, 5) is 10.4. The molecule has 1 aromatic rings. The highest BCUT2D eigenvalue weighted by molar-refractivity contribution is 5.72. The highest BCUT2D eigenvalue weighted by Crippen LogP contribution is 2.39. The van der Waals surface area contributed by atoms with Gasteiger partial charge < -0.3 is 20.3 Å². The van der Waals surface area contributed by atoms with Gasteiger partial charge in [0.2, 0.25) is 11.9 Å².